The number of non-ortho nitro benzene ring substituents is 1. The van der Waals surface area contributed by atoms with Gasteiger partial charge in [-0.2, -0.15) is 0 Å². The molecule has 2 N–H and O–H groups in total. The molecule has 0 aliphatic rings. The molecule has 2 amide bonds. The van der Waals surface area contributed by atoms with E-state index in [-0.39, 0.29) is 16.8 Å². The molecule has 4 aromatic rings. The van der Waals surface area contributed by atoms with Crippen LogP contribution in [0.5, 0.6) is 0 Å². The number of nitrogens with zero attached hydrogens (tertiary/aromatic N) is 2. The predicted octanol–water partition coefficient (Wildman–Crippen LogP) is 4.60. The predicted molar refractivity (Wildman–Crippen MR) is 130 cm³/mol. The van der Waals surface area contributed by atoms with E-state index in [0.717, 1.165) is 0 Å². The van der Waals surface area contributed by atoms with Gasteiger partial charge in [-0.1, -0.05) is 17.7 Å². The van der Waals surface area contributed by atoms with E-state index < -0.39 is 22.3 Å². The number of carbonyl (C=O) groups is 2. The van der Waals surface area contributed by atoms with Crippen LogP contribution in [0, 0.1) is 10.1 Å². The molecule has 0 aliphatic heterocycles. The lowest BCUT2D eigenvalue weighted by Gasteiger charge is -2.13. The number of anilines is 2. The summed E-state index contributed by atoms with van der Waals surface area (Å²) in [6.07, 6.45) is 0. The Hall–Kier alpha value is -4.50. The fraction of sp³-hybridized carbons (Fsp3) is 0.0417. The SMILES string of the molecule is Cn1c(=O)c(C(=O)Nc2ccc(Cl)cc2)cc2c(NC(=O)c3ccc([N+](=O)[O-])cc3)cccc21. The lowest BCUT2D eigenvalue weighted by molar-refractivity contribution is -0.384. The zero-order chi connectivity index (χ0) is 24.4. The summed E-state index contributed by atoms with van der Waals surface area (Å²) in [7, 11) is 1.53. The molecule has 0 atom stereocenters. The maximum Gasteiger partial charge on any atom is 0.269 e. The standard InChI is InChI=1S/C24H17ClN4O5/c1-28-21-4-2-3-20(27-22(30)14-5-11-17(12-6-14)29(33)34)18(21)13-19(24(28)32)23(31)26-16-9-7-15(25)8-10-16/h2-13H,1H3,(H,26,31)(H,27,30). The van der Waals surface area contributed by atoms with Crippen molar-refractivity contribution in [3.05, 3.63) is 109 Å². The number of hydrogen-bond donors (Lipinski definition) is 2. The number of rotatable bonds is 5. The summed E-state index contributed by atoms with van der Waals surface area (Å²) in [5.74, 6) is -1.11. The summed E-state index contributed by atoms with van der Waals surface area (Å²) < 4.78 is 1.33. The third kappa shape index (κ3) is 4.50. The Morgan fingerprint density at radius 3 is 2.26 bits per heavy atom. The highest BCUT2D eigenvalue weighted by atomic mass is 35.5. The van der Waals surface area contributed by atoms with Crippen LogP contribution in [-0.2, 0) is 7.05 Å². The van der Waals surface area contributed by atoms with Gasteiger partial charge in [0, 0.05) is 40.8 Å². The summed E-state index contributed by atoms with van der Waals surface area (Å²) in [4.78, 5) is 48.7. The monoisotopic (exact) mass is 476 g/mol. The lowest BCUT2D eigenvalue weighted by atomic mass is 10.1. The number of nitro groups is 1. The third-order valence-corrected chi connectivity index (χ3v) is 5.46. The molecular formula is C24H17ClN4O5. The average molecular weight is 477 g/mol. The molecule has 0 unspecified atom stereocenters. The summed E-state index contributed by atoms with van der Waals surface area (Å²) in [5.41, 5.74) is 0.823. The van der Waals surface area contributed by atoms with Gasteiger partial charge in [0.05, 0.1) is 16.1 Å². The molecular weight excluding hydrogens is 460 g/mol. The second-order valence-corrected chi connectivity index (χ2v) is 7.82. The topological polar surface area (TPSA) is 123 Å². The molecule has 10 heteroatoms. The van der Waals surface area contributed by atoms with Gasteiger partial charge in [-0.25, -0.2) is 0 Å². The molecule has 0 aliphatic carbocycles. The summed E-state index contributed by atoms with van der Waals surface area (Å²) in [6, 6.07) is 18.0. The number of fused-ring (bicyclic) bond motifs is 1. The van der Waals surface area contributed by atoms with Crippen molar-refractivity contribution < 1.29 is 14.5 Å². The number of nitro benzene ring substituents is 1. The van der Waals surface area contributed by atoms with Crippen molar-refractivity contribution in [2.75, 3.05) is 10.6 Å². The van der Waals surface area contributed by atoms with Crippen molar-refractivity contribution in [2.45, 2.75) is 0 Å². The van der Waals surface area contributed by atoms with Gasteiger partial charge in [0.2, 0.25) is 0 Å². The van der Waals surface area contributed by atoms with Gasteiger partial charge in [0.1, 0.15) is 5.56 Å². The summed E-state index contributed by atoms with van der Waals surface area (Å²) in [6.45, 7) is 0. The number of amides is 2. The molecule has 4 rings (SSSR count). The minimum Gasteiger partial charge on any atom is -0.322 e. The molecule has 34 heavy (non-hydrogen) atoms. The number of aryl methyl sites for hydroxylation is 1. The van der Waals surface area contributed by atoms with E-state index in [1.807, 2.05) is 0 Å². The first-order valence-corrected chi connectivity index (χ1v) is 10.4. The first-order valence-electron chi connectivity index (χ1n) is 10.00. The van der Waals surface area contributed by atoms with E-state index in [1.165, 1.54) is 41.9 Å². The molecule has 1 heterocycles. The van der Waals surface area contributed by atoms with E-state index >= 15 is 0 Å². The van der Waals surface area contributed by atoms with E-state index in [2.05, 4.69) is 10.6 Å². The van der Waals surface area contributed by atoms with Crippen LogP contribution < -0.4 is 16.2 Å². The molecule has 9 nitrogen and oxygen atoms in total. The van der Waals surface area contributed by atoms with Gasteiger partial charge < -0.3 is 15.2 Å². The minimum atomic E-state index is -0.610. The quantitative estimate of drug-likeness (QED) is 0.321. The van der Waals surface area contributed by atoms with Crippen molar-refractivity contribution in [2.24, 2.45) is 7.05 Å². The number of benzene rings is 3. The molecule has 1 aromatic heterocycles. The molecule has 0 radical (unpaired) electrons. The van der Waals surface area contributed by atoms with Crippen molar-refractivity contribution in [3.8, 4) is 0 Å². The Morgan fingerprint density at radius 2 is 1.62 bits per heavy atom. The number of halogens is 1. The number of pyridine rings is 1. The smallest absolute Gasteiger partial charge is 0.269 e. The Kier molecular flexibility index (Phi) is 6.11. The van der Waals surface area contributed by atoms with Gasteiger partial charge in [-0.15, -0.1) is 0 Å². The number of hydrogen-bond acceptors (Lipinski definition) is 5. The number of aromatic nitrogens is 1. The molecule has 0 saturated heterocycles. The zero-order valence-corrected chi connectivity index (χ0v) is 18.5. The van der Waals surface area contributed by atoms with Crippen LogP contribution in [0.15, 0.2) is 77.6 Å². The highest BCUT2D eigenvalue weighted by Crippen LogP contribution is 2.24. The highest BCUT2D eigenvalue weighted by Gasteiger charge is 2.17. The minimum absolute atomic E-state index is 0.109. The van der Waals surface area contributed by atoms with E-state index in [1.54, 1.807) is 42.5 Å². The van der Waals surface area contributed by atoms with Crippen molar-refractivity contribution >= 4 is 51.4 Å². The maximum atomic E-state index is 12.9. The Labute approximate surface area is 197 Å². The normalized spacial score (nSPS) is 10.6. The van der Waals surface area contributed by atoms with Crippen molar-refractivity contribution in [3.63, 3.8) is 0 Å². The first-order chi connectivity index (χ1) is 16.2. The Balaban J connectivity index is 1.69. The molecule has 0 spiro atoms. The fourth-order valence-electron chi connectivity index (χ4n) is 3.43. The summed E-state index contributed by atoms with van der Waals surface area (Å²) in [5, 5.41) is 17.2. The van der Waals surface area contributed by atoms with Crippen LogP contribution >= 0.6 is 11.6 Å². The van der Waals surface area contributed by atoms with Crippen LogP contribution in [0.2, 0.25) is 5.02 Å². The van der Waals surface area contributed by atoms with Gasteiger partial charge in [0.15, 0.2) is 0 Å². The van der Waals surface area contributed by atoms with Gasteiger partial charge >= 0.3 is 0 Å². The molecule has 0 fully saturated rings. The number of carbonyl (C=O) groups excluding carboxylic acids is 2. The van der Waals surface area contributed by atoms with Crippen LogP contribution in [0.25, 0.3) is 10.9 Å². The first kappa shape index (κ1) is 22.7. The second kappa shape index (κ2) is 9.16. The number of nitrogens with one attached hydrogen (secondary N) is 2. The fourth-order valence-corrected chi connectivity index (χ4v) is 3.55. The zero-order valence-electron chi connectivity index (χ0n) is 17.7. The summed E-state index contributed by atoms with van der Waals surface area (Å²) >= 11 is 5.87. The highest BCUT2D eigenvalue weighted by molar-refractivity contribution is 6.30. The average Bonchev–Trinajstić information content (AvgIpc) is 2.83. The van der Waals surface area contributed by atoms with Gasteiger partial charge in [0.25, 0.3) is 23.1 Å². The Morgan fingerprint density at radius 1 is 0.941 bits per heavy atom. The third-order valence-electron chi connectivity index (χ3n) is 5.20. The lowest BCUT2D eigenvalue weighted by Crippen LogP contribution is -2.28. The van der Waals surface area contributed by atoms with Gasteiger partial charge in [-0.3, -0.25) is 24.5 Å². The second-order valence-electron chi connectivity index (χ2n) is 7.38. The van der Waals surface area contributed by atoms with E-state index in [4.69, 9.17) is 11.6 Å². The van der Waals surface area contributed by atoms with Crippen LogP contribution in [-0.4, -0.2) is 21.3 Å². The van der Waals surface area contributed by atoms with Crippen molar-refractivity contribution in [1.82, 2.24) is 4.57 Å². The largest absolute Gasteiger partial charge is 0.322 e. The van der Waals surface area contributed by atoms with E-state index in [9.17, 15) is 24.5 Å². The molecule has 170 valence electrons. The Bertz CT molecular complexity index is 1500. The molecule has 0 bridgehead atoms. The van der Waals surface area contributed by atoms with E-state index in [0.29, 0.717) is 27.3 Å². The van der Waals surface area contributed by atoms with Crippen LogP contribution in [0.3, 0.4) is 0 Å². The van der Waals surface area contributed by atoms with Crippen LogP contribution in [0.1, 0.15) is 20.7 Å². The van der Waals surface area contributed by atoms with Crippen LogP contribution in [0.4, 0.5) is 17.1 Å². The molecule has 3 aromatic carbocycles. The van der Waals surface area contributed by atoms with Gasteiger partial charge in [-0.05, 0) is 54.6 Å². The maximum absolute atomic E-state index is 12.9. The van der Waals surface area contributed by atoms with Crippen molar-refractivity contribution in [1.29, 1.82) is 0 Å². The molecule has 0 saturated carbocycles.